The van der Waals surface area contributed by atoms with E-state index in [0.717, 1.165) is 0 Å². The summed E-state index contributed by atoms with van der Waals surface area (Å²) >= 11 is 4.93. The molecule has 0 unspecified atom stereocenters. The van der Waals surface area contributed by atoms with Gasteiger partial charge in [-0.05, 0) is 36.5 Å². The van der Waals surface area contributed by atoms with Gasteiger partial charge >= 0.3 is 0 Å². The summed E-state index contributed by atoms with van der Waals surface area (Å²) < 4.78 is 98.2. The maximum atomic E-state index is 13.6. The Morgan fingerprint density at radius 2 is 1.50 bits per heavy atom. The minimum absolute atomic E-state index is 0.0631. The Morgan fingerprint density at radius 3 is 2.06 bits per heavy atom. The molecule has 1 fully saturated rings. The number of hydrogen-bond donors (Lipinski definition) is 2. The number of anilines is 1. The van der Waals surface area contributed by atoms with Crippen molar-refractivity contribution in [1.29, 1.82) is 0 Å². The van der Waals surface area contributed by atoms with Gasteiger partial charge in [0.15, 0.2) is 28.4 Å². The molecule has 3 rings (SSSR count). The van der Waals surface area contributed by atoms with Gasteiger partial charge in [-0.15, -0.1) is 0 Å². The highest BCUT2D eigenvalue weighted by atomic mass is 32.2. The fraction of sp³-hybridized carbons (Fsp3) is 0.222. The molecule has 0 aromatic heterocycles. The molecule has 2 aromatic carbocycles. The third kappa shape index (κ3) is 5.03. The van der Waals surface area contributed by atoms with Crippen LogP contribution in [0.3, 0.4) is 0 Å². The van der Waals surface area contributed by atoms with Crippen LogP contribution in [0.2, 0.25) is 0 Å². The second-order valence-corrected chi connectivity index (χ2v) is 8.69. The van der Waals surface area contributed by atoms with Gasteiger partial charge in [0.05, 0.1) is 29.9 Å². The van der Waals surface area contributed by atoms with Crippen molar-refractivity contribution in [2.45, 2.75) is 4.90 Å². The topological polar surface area (TPSA) is 83.0 Å². The first kappa shape index (κ1) is 24.0. The molecule has 1 aliphatic heterocycles. The van der Waals surface area contributed by atoms with Crippen LogP contribution in [0.1, 0.15) is 5.56 Å². The highest BCUT2D eigenvalue weighted by Gasteiger charge is 2.26. The molecule has 172 valence electrons. The van der Waals surface area contributed by atoms with E-state index in [-0.39, 0.29) is 23.1 Å². The molecule has 32 heavy (non-hydrogen) atoms. The predicted molar refractivity (Wildman–Crippen MR) is 109 cm³/mol. The number of thiocarbonyl (C=S) groups is 1. The first-order chi connectivity index (χ1) is 15.1. The molecule has 0 spiro atoms. The zero-order valence-electron chi connectivity index (χ0n) is 16.0. The van der Waals surface area contributed by atoms with Crippen LogP contribution < -0.4 is 10.7 Å². The molecule has 0 saturated carbocycles. The number of hydrogen-bond acceptors (Lipinski definition) is 5. The lowest BCUT2D eigenvalue weighted by atomic mass is 10.2. The summed E-state index contributed by atoms with van der Waals surface area (Å²) in [5, 5.41) is 5.80. The van der Waals surface area contributed by atoms with Crippen LogP contribution in [0.5, 0.6) is 0 Å². The fourth-order valence-corrected chi connectivity index (χ4v) is 4.27. The number of nitrogens with zero attached hydrogens (tertiary/aromatic N) is 2. The summed E-state index contributed by atoms with van der Waals surface area (Å²) in [6.45, 7) is 1.11. The van der Waals surface area contributed by atoms with Crippen LogP contribution >= 0.6 is 12.2 Å². The van der Waals surface area contributed by atoms with E-state index in [1.54, 1.807) is 0 Å². The quantitative estimate of drug-likeness (QED) is 0.166. The van der Waals surface area contributed by atoms with Crippen molar-refractivity contribution < 1.29 is 35.1 Å². The Bertz CT molecular complexity index is 1130. The van der Waals surface area contributed by atoms with E-state index < -0.39 is 44.7 Å². The van der Waals surface area contributed by atoms with Gasteiger partial charge in [-0.3, -0.25) is 5.43 Å². The van der Waals surface area contributed by atoms with Crippen LogP contribution in [0.4, 0.5) is 27.6 Å². The molecule has 1 aliphatic rings. The Morgan fingerprint density at radius 1 is 0.969 bits per heavy atom. The van der Waals surface area contributed by atoms with Crippen molar-refractivity contribution in [3.8, 4) is 0 Å². The summed E-state index contributed by atoms with van der Waals surface area (Å²) in [6.07, 6.45) is 0.391. The molecule has 2 aromatic rings. The predicted octanol–water partition coefficient (Wildman–Crippen LogP) is 2.72. The number of rotatable bonds is 5. The highest BCUT2D eigenvalue weighted by molar-refractivity contribution is 7.89. The van der Waals surface area contributed by atoms with Gasteiger partial charge in [-0.25, -0.2) is 30.4 Å². The van der Waals surface area contributed by atoms with Crippen molar-refractivity contribution in [2.75, 3.05) is 31.6 Å². The SMILES string of the molecule is O=S(=O)(c1ccc(NC(=S)NN=Cc2c(F)c(F)c(F)c(F)c2F)cc1)N1CCOCC1. The van der Waals surface area contributed by atoms with E-state index in [4.69, 9.17) is 17.0 Å². The average molecular weight is 494 g/mol. The minimum Gasteiger partial charge on any atom is -0.379 e. The number of benzene rings is 2. The molecule has 1 saturated heterocycles. The third-order valence-corrected chi connectivity index (χ3v) is 6.43. The third-order valence-electron chi connectivity index (χ3n) is 4.32. The molecular weight excluding hydrogens is 479 g/mol. The molecular formula is C18H15F5N4O3S2. The first-order valence-electron chi connectivity index (χ1n) is 8.92. The Labute approximate surface area is 184 Å². The summed E-state index contributed by atoms with van der Waals surface area (Å²) in [5.74, 6) is -10.6. The Balaban J connectivity index is 1.64. The van der Waals surface area contributed by atoms with Gasteiger partial charge in [0.25, 0.3) is 0 Å². The molecule has 1 heterocycles. The van der Waals surface area contributed by atoms with Crippen LogP contribution in [-0.4, -0.2) is 50.4 Å². The number of sulfonamides is 1. The van der Waals surface area contributed by atoms with E-state index in [1.165, 1.54) is 28.6 Å². The molecule has 0 amide bonds. The summed E-state index contributed by atoms with van der Waals surface area (Å²) in [4.78, 5) is 0.0631. The normalized spacial score (nSPS) is 15.2. The lowest BCUT2D eigenvalue weighted by molar-refractivity contribution is 0.0730. The van der Waals surface area contributed by atoms with E-state index in [1.807, 2.05) is 0 Å². The molecule has 2 N–H and O–H groups in total. The second-order valence-electron chi connectivity index (χ2n) is 6.35. The zero-order valence-corrected chi connectivity index (χ0v) is 17.7. The number of nitrogens with one attached hydrogen (secondary N) is 2. The van der Waals surface area contributed by atoms with Crippen molar-refractivity contribution in [1.82, 2.24) is 9.73 Å². The summed E-state index contributed by atoms with van der Waals surface area (Å²) in [7, 11) is -3.68. The molecule has 0 radical (unpaired) electrons. The van der Waals surface area contributed by atoms with Gasteiger partial charge in [0.1, 0.15) is 0 Å². The molecule has 0 bridgehead atoms. The standard InChI is InChI=1S/C18H15F5N4O3S2/c19-13-12(14(20)16(22)17(23)15(13)21)9-24-26-18(31)25-10-1-3-11(4-2-10)32(28,29)27-5-7-30-8-6-27/h1-4,9H,5-8H2,(H2,25,26,31). The van der Waals surface area contributed by atoms with Gasteiger partial charge in [0.2, 0.25) is 15.8 Å². The van der Waals surface area contributed by atoms with Crippen molar-refractivity contribution in [2.24, 2.45) is 5.10 Å². The molecule has 0 atom stereocenters. The number of halogens is 5. The van der Waals surface area contributed by atoms with Crippen LogP contribution in [0.25, 0.3) is 0 Å². The van der Waals surface area contributed by atoms with Crippen molar-refractivity contribution in [3.05, 3.63) is 58.9 Å². The highest BCUT2D eigenvalue weighted by Crippen LogP contribution is 2.22. The largest absolute Gasteiger partial charge is 0.379 e. The molecule has 7 nitrogen and oxygen atoms in total. The maximum Gasteiger partial charge on any atom is 0.243 e. The number of hydrazone groups is 1. The zero-order chi connectivity index (χ0) is 23.5. The molecule has 14 heteroatoms. The lowest BCUT2D eigenvalue weighted by Gasteiger charge is -2.26. The maximum absolute atomic E-state index is 13.6. The van der Waals surface area contributed by atoms with Crippen LogP contribution in [-0.2, 0) is 14.8 Å². The Hall–Kier alpha value is -2.68. The lowest BCUT2D eigenvalue weighted by Crippen LogP contribution is -2.40. The summed E-state index contributed by atoms with van der Waals surface area (Å²) in [6, 6.07) is 5.56. The van der Waals surface area contributed by atoms with Gasteiger partial charge < -0.3 is 10.1 Å². The van der Waals surface area contributed by atoms with E-state index in [0.29, 0.717) is 25.1 Å². The molecule has 0 aliphatic carbocycles. The average Bonchev–Trinajstić information content (AvgIpc) is 2.79. The van der Waals surface area contributed by atoms with Crippen molar-refractivity contribution >= 4 is 39.3 Å². The Kier molecular flexibility index (Phi) is 7.38. The van der Waals surface area contributed by atoms with Gasteiger partial charge in [0, 0.05) is 18.8 Å². The smallest absolute Gasteiger partial charge is 0.243 e. The first-order valence-corrected chi connectivity index (χ1v) is 10.8. The van der Waals surface area contributed by atoms with E-state index in [2.05, 4.69) is 15.8 Å². The van der Waals surface area contributed by atoms with Gasteiger partial charge in [-0.1, -0.05) is 0 Å². The van der Waals surface area contributed by atoms with Crippen LogP contribution in [0.15, 0.2) is 34.3 Å². The second kappa shape index (κ2) is 9.85. The van der Waals surface area contributed by atoms with Crippen LogP contribution in [0, 0.1) is 29.1 Å². The minimum atomic E-state index is -3.68. The van der Waals surface area contributed by atoms with E-state index >= 15 is 0 Å². The fourth-order valence-electron chi connectivity index (χ4n) is 2.70. The number of ether oxygens (including phenoxy) is 1. The monoisotopic (exact) mass is 494 g/mol. The number of morpholine rings is 1. The van der Waals surface area contributed by atoms with Gasteiger partial charge in [-0.2, -0.15) is 9.41 Å². The van der Waals surface area contributed by atoms with E-state index in [9.17, 15) is 30.4 Å². The summed E-state index contributed by atoms with van der Waals surface area (Å²) in [5.41, 5.74) is 1.28. The van der Waals surface area contributed by atoms with Crippen molar-refractivity contribution in [3.63, 3.8) is 0 Å².